The molecule has 1 aromatic heterocycles. The number of benzene rings is 2. The van der Waals surface area contributed by atoms with Crippen LogP contribution in [0.1, 0.15) is 16.7 Å². The molecule has 0 unspecified atom stereocenters. The van der Waals surface area contributed by atoms with Crippen molar-refractivity contribution in [2.24, 2.45) is 0 Å². The lowest BCUT2D eigenvalue weighted by atomic mass is 10.1. The molecule has 0 aliphatic heterocycles. The third-order valence-corrected chi connectivity index (χ3v) is 4.44. The molecule has 0 aliphatic carbocycles. The summed E-state index contributed by atoms with van der Waals surface area (Å²) in [6.07, 6.45) is 4.49. The number of para-hydroxylation sites is 1. The van der Waals surface area contributed by atoms with Crippen LogP contribution in [-0.2, 0) is 19.6 Å². The molecule has 0 saturated heterocycles. The number of aromatic nitrogens is 1. The molecule has 5 nitrogen and oxygen atoms in total. The number of hydrogen-bond donors (Lipinski definition) is 1. The average molecular weight is 378 g/mol. The van der Waals surface area contributed by atoms with Crippen LogP contribution in [0.2, 0.25) is 0 Å². The Hall–Kier alpha value is -3.05. The fourth-order valence-electron chi connectivity index (χ4n) is 2.93. The van der Waals surface area contributed by atoms with Crippen LogP contribution in [-0.4, -0.2) is 25.7 Å². The fourth-order valence-corrected chi connectivity index (χ4v) is 2.93. The van der Waals surface area contributed by atoms with Gasteiger partial charge in [0.15, 0.2) is 11.5 Å². The van der Waals surface area contributed by atoms with Crippen molar-refractivity contribution in [1.82, 2.24) is 10.3 Å². The summed E-state index contributed by atoms with van der Waals surface area (Å²) in [7, 11) is 3.30. The van der Waals surface area contributed by atoms with Crippen molar-refractivity contribution in [2.75, 3.05) is 20.8 Å². The van der Waals surface area contributed by atoms with Gasteiger partial charge in [0.1, 0.15) is 12.4 Å². The molecular weight excluding hydrogens is 352 g/mol. The molecule has 0 bridgehead atoms. The predicted octanol–water partition coefficient (Wildman–Crippen LogP) is 4.01. The summed E-state index contributed by atoms with van der Waals surface area (Å²) in [4.78, 5) is 4.12. The molecule has 0 radical (unpaired) electrons. The molecule has 3 aromatic rings. The molecule has 0 spiro atoms. The average Bonchev–Trinajstić information content (AvgIpc) is 2.76. The number of hydrogen-bond acceptors (Lipinski definition) is 5. The number of nitrogens with one attached hydrogen (secondary N) is 1. The predicted molar refractivity (Wildman–Crippen MR) is 110 cm³/mol. The fraction of sp³-hybridized carbons (Fsp3) is 0.261. The third kappa shape index (κ3) is 5.47. The van der Waals surface area contributed by atoms with Gasteiger partial charge in [-0.05, 0) is 42.8 Å². The molecule has 0 amide bonds. The van der Waals surface area contributed by atoms with Crippen LogP contribution in [0, 0.1) is 0 Å². The van der Waals surface area contributed by atoms with E-state index >= 15 is 0 Å². The Morgan fingerprint density at radius 2 is 1.71 bits per heavy atom. The molecule has 0 atom stereocenters. The molecule has 2 aromatic carbocycles. The van der Waals surface area contributed by atoms with Gasteiger partial charge >= 0.3 is 0 Å². The first-order valence-electron chi connectivity index (χ1n) is 9.31. The van der Waals surface area contributed by atoms with E-state index in [1.165, 1.54) is 5.56 Å². The lowest BCUT2D eigenvalue weighted by Gasteiger charge is -2.13. The minimum Gasteiger partial charge on any atom is -0.493 e. The SMILES string of the molecule is COc1ccc(CCNCc2ccccc2OCc2cccnc2)cc1OC. The Labute approximate surface area is 166 Å². The monoisotopic (exact) mass is 378 g/mol. The zero-order chi connectivity index (χ0) is 19.6. The van der Waals surface area contributed by atoms with Gasteiger partial charge in [-0.3, -0.25) is 4.98 Å². The lowest BCUT2D eigenvalue weighted by molar-refractivity contribution is 0.301. The lowest BCUT2D eigenvalue weighted by Crippen LogP contribution is -2.17. The second kappa shape index (κ2) is 10.3. The molecule has 1 heterocycles. The zero-order valence-electron chi connectivity index (χ0n) is 16.4. The Morgan fingerprint density at radius 1 is 0.857 bits per heavy atom. The summed E-state index contributed by atoms with van der Waals surface area (Å²) in [5.41, 5.74) is 3.39. The van der Waals surface area contributed by atoms with Crippen molar-refractivity contribution < 1.29 is 14.2 Å². The molecule has 146 valence electrons. The van der Waals surface area contributed by atoms with E-state index in [-0.39, 0.29) is 0 Å². The van der Waals surface area contributed by atoms with Crippen molar-refractivity contribution in [1.29, 1.82) is 0 Å². The zero-order valence-corrected chi connectivity index (χ0v) is 16.4. The summed E-state index contributed by atoms with van der Waals surface area (Å²) < 4.78 is 16.6. The Morgan fingerprint density at radius 3 is 2.50 bits per heavy atom. The minimum absolute atomic E-state index is 0.510. The first kappa shape index (κ1) is 19.7. The van der Waals surface area contributed by atoms with Crippen LogP contribution in [0.4, 0.5) is 0 Å². The quantitative estimate of drug-likeness (QED) is 0.540. The maximum atomic E-state index is 5.98. The van der Waals surface area contributed by atoms with Crippen LogP contribution in [0.15, 0.2) is 67.0 Å². The molecule has 28 heavy (non-hydrogen) atoms. The normalized spacial score (nSPS) is 10.5. The van der Waals surface area contributed by atoms with Gasteiger partial charge in [-0.2, -0.15) is 0 Å². The smallest absolute Gasteiger partial charge is 0.160 e. The van der Waals surface area contributed by atoms with Crippen LogP contribution in [0.3, 0.4) is 0 Å². The number of nitrogens with zero attached hydrogens (tertiary/aromatic N) is 1. The van der Waals surface area contributed by atoms with Gasteiger partial charge in [0.25, 0.3) is 0 Å². The van der Waals surface area contributed by atoms with E-state index in [9.17, 15) is 0 Å². The standard InChI is InChI=1S/C23H26N2O3/c1-26-22-10-9-18(14-23(22)27-2)11-13-25-16-20-7-3-4-8-21(20)28-17-19-6-5-12-24-15-19/h3-10,12,14-15,25H,11,13,16-17H2,1-2H3. The van der Waals surface area contributed by atoms with Crippen LogP contribution in [0.5, 0.6) is 17.2 Å². The van der Waals surface area contributed by atoms with Crippen molar-refractivity contribution in [3.63, 3.8) is 0 Å². The number of ether oxygens (including phenoxy) is 3. The highest BCUT2D eigenvalue weighted by Crippen LogP contribution is 2.27. The maximum Gasteiger partial charge on any atom is 0.160 e. The summed E-state index contributed by atoms with van der Waals surface area (Å²) >= 11 is 0. The first-order valence-corrected chi connectivity index (χ1v) is 9.31. The van der Waals surface area contributed by atoms with Gasteiger partial charge in [-0.1, -0.05) is 30.3 Å². The molecule has 3 rings (SSSR count). The molecule has 0 fully saturated rings. The van der Waals surface area contributed by atoms with Crippen LogP contribution >= 0.6 is 0 Å². The van der Waals surface area contributed by atoms with E-state index in [0.29, 0.717) is 6.61 Å². The third-order valence-electron chi connectivity index (χ3n) is 4.44. The summed E-state index contributed by atoms with van der Waals surface area (Å²) in [6.45, 7) is 2.11. The molecule has 0 saturated carbocycles. The number of pyridine rings is 1. The van der Waals surface area contributed by atoms with E-state index in [4.69, 9.17) is 14.2 Å². The highest BCUT2D eigenvalue weighted by Gasteiger charge is 2.06. The van der Waals surface area contributed by atoms with Crippen LogP contribution in [0.25, 0.3) is 0 Å². The van der Waals surface area contributed by atoms with E-state index in [0.717, 1.165) is 47.9 Å². The molecular formula is C23H26N2O3. The molecule has 0 aliphatic rings. The van der Waals surface area contributed by atoms with E-state index in [1.807, 2.05) is 48.7 Å². The molecule has 1 N–H and O–H groups in total. The van der Waals surface area contributed by atoms with Crippen LogP contribution < -0.4 is 19.5 Å². The number of rotatable bonds is 10. The summed E-state index contributed by atoms with van der Waals surface area (Å²) in [6, 6.07) is 18.1. The summed E-state index contributed by atoms with van der Waals surface area (Å²) in [5.74, 6) is 2.40. The van der Waals surface area contributed by atoms with Crippen molar-refractivity contribution in [3.8, 4) is 17.2 Å². The summed E-state index contributed by atoms with van der Waals surface area (Å²) in [5, 5.41) is 3.49. The number of methoxy groups -OCH3 is 2. The maximum absolute atomic E-state index is 5.98. The second-order valence-corrected chi connectivity index (χ2v) is 6.37. The van der Waals surface area contributed by atoms with E-state index in [1.54, 1.807) is 20.4 Å². The van der Waals surface area contributed by atoms with E-state index < -0.39 is 0 Å². The van der Waals surface area contributed by atoms with Crippen molar-refractivity contribution >= 4 is 0 Å². The first-order chi connectivity index (χ1) is 13.8. The second-order valence-electron chi connectivity index (χ2n) is 6.37. The topological polar surface area (TPSA) is 52.6 Å². The van der Waals surface area contributed by atoms with Gasteiger partial charge in [0, 0.05) is 30.1 Å². The Bertz CT molecular complexity index is 869. The largest absolute Gasteiger partial charge is 0.493 e. The van der Waals surface area contributed by atoms with Gasteiger partial charge in [0.2, 0.25) is 0 Å². The minimum atomic E-state index is 0.510. The van der Waals surface area contributed by atoms with Gasteiger partial charge in [-0.15, -0.1) is 0 Å². The van der Waals surface area contributed by atoms with Crippen molar-refractivity contribution in [3.05, 3.63) is 83.7 Å². The van der Waals surface area contributed by atoms with Gasteiger partial charge in [0.05, 0.1) is 14.2 Å². The van der Waals surface area contributed by atoms with Gasteiger partial charge < -0.3 is 19.5 Å². The molecule has 5 heteroatoms. The highest BCUT2D eigenvalue weighted by atomic mass is 16.5. The Balaban J connectivity index is 1.51. The van der Waals surface area contributed by atoms with Crippen molar-refractivity contribution in [2.45, 2.75) is 19.6 Å². The van der Waals surface area contributed by atoms with Gasteiger partial charge in [-0.25, -0.2) is 0 Å². The van der Waals surface area contributed by atoms with E-state index in [2.05, 4.69) is 22.4 Å². The highest BCUT2D eigenvalue weighted by molar-refractivity contribution is 5.43. The Kier molecular flexibility index (Phi) is 7.27.